The first-order valence-corrected chi connectivity index (χ1v) is 30.6. The van der Waals surface area contributed by atoms with Crippen molar-refractivity contribution in [3.8, 4) is 62.1 Å². The second kappa shape index (κ2) is 22.2. The first-order valence-electron chi connectivity index (χ1n) is 39.9. The molecule has 10 aromatic carbocycles. The largest absolute Gasteiger partial charge is 0.510 e. The second-order valence-electron chi connectivity index (χ2n) is 24.7. The van der Waals surface area contributed by atoms with E-state index in [1.165, 1.54) is 0 Å². The maximum Gasteiger partial charge on any atom is 0.268 e. The van der Waals surface area contributed by atoms with Crippen molar-refractivity contribution in [2.24, 2.45) is 0 Å². The SMILES string of the molecule is [2H]c1c([2H])c([2H])c([Si](CCc2cc3c4c(c2)n(-c2[c-]c(Oc5[c-]c6c(cc5)c5ccccc5n6-c5cc(C(C)(C)C)ccn5)ccc2)[c-][n+]4-c2c(cc(C(C)(C)C)cc2C(C)(C)C)-c2c([2H])c([2H])c([2H])c([2H])c2-c2c([2H])c([2H])c([2H])c([2H])c2-3)(c2c([2H])c([2H])c([2H])c([2H])c2[2H])c2c([2H])c([2H])c([2H])c([2H])c2[2H])c([2H])c1[2H].[Pt]. The zero-order valence-electron chi connectivity index (χ0n) is 72.2. The fourth-order valence-electron chi connectivity index (χ4n) is 11.8. The van der Waals surface area contributed by atoms with E-state index >= 15 is 0 Å². The number of aromatic nitrogens is 4. The standard InChI is InChI=1S/C80H70N4OSi.Pt/c1-78(2,3)55-42-44-81-75(50-55)84-72-39-24-23-38-67(72)68-41-40-59(52-73(68)84)85-58-27-25-26-57(51-58)82-53-83-76-70(48-56(79(4,5)6)49-71(76)80(7,8)9)66-37-22-20-35-64(66)63-34-19-21-36-65(63)69-46-54(47-74(82)77(69)83)43-45-86(60-28-13-10-14-29-60,61-30-15-11-16-31-61)62-32-17-12-18-33-62;/h10-42,44,46-50H,43,45H2,1-9H3;/q-2;/i10D,11D,12D,13D,14D,15D,16D,17D,18D,19D,20D,21D,22D,28D,29D,30D,31D,32D,33D,34D,35D,36D,37D;. The summed E-state index contributed by atoms with van der Waals surface area (Å²) in [5.74, 6) is 1.09. The molecule has 13 aromatic rings. The van der Waals surface area contributed by atoms with Gasteiger partial charge in [0, 0.05) is 44.3 Å². The number of fused-ring (bicyclic) bond motifs is 10. The van der Waals surface area contributed by atoms with Gasteiger partial charge in [0.2, 0.25) is 0 Å². The van der Waals surface area contributed by atoms with Crippen molar-refractivity contribution in [3.63, 3.8) is 0 Å². The Balaban J connectivity index is 0.0000106. The molecule has 0 amide bonds. The molecule has 4 heterocycles. The van der Waals surface area contributed by atoms with Crippen molar-refractivity contribution in [1.29, 1.82) is 0 Å². The predicted octanol–water partition coefficient (Wildman–Crippen LogP) is 17.5. The van der Waals surface area contributed by atoms with Crippen molar-refractivity contribution in [2.45, 2.75) is 91.0 Å². The number of hydrogen-bond donors (Lipinski definition) is 0. The van der Waals surface area contributed by atoms with Crippen molar-refractivity contribution >= 4 is 56.5 Å². The van der Waals surface area contributed by atoms with Crippen LogP contribution in [0.4, 0.5) is 0 Å². The fraction of sp³-hybridized carbons (Fsp3) is 0.175. The number of hydrogen-bond acceptors (Lipinski definition) is 2. The molecule has 0 atom stereocenters. The number of pyridine rings is 1. The monoisotopic (exact) mass is 1350 g/mol. The number of aryl methyl sites for hydroxylation is 1. The molecule has 0 saturated heterocycles. The Hall–Kier alpha value is -8.67. The molecule has 1 aliphatic rings. The third-order valence-corrected chi connectivity index (χ3v) is 20.5. The summed E-state index contributed by atoms with van der Waals surface area (Å²) in [6.07, 6.45) is 4.89. The summed E-state index contributed by atoms with van der Waals surface area (Å²) in [5, 5.41) is -0.237. The topological polar surface area (TPSA) is 35.9 Å². The van der Waals surface area contributed by atoms with E-state index in [9.17, 15) is 27.4 Å². The van der Waals surface area contributed by atoms with Crippen LogP contribution in [0.5, 0.6) is 11.5 Å². The van der Waals surface area contributed by atoms with Gasteiger partial charge in [0.15, 0.2) is 0 Å². The zero-order chi connectivity index (χ0) is 79.1. The summed E-state index contributed by atoms with van der Waals surface area (Å²) >= 11 is 0. The zero-order valence-corrected chi connectivity index (χ0v) is 52.4. The minimum absolute atomic E-state index is 0. The van der Waals surface area contributed by atoms with Gasteiger partial charge in [-0.15, -0.1) is 29.7 Å². The summed E-state index contributed by atoms with van der Waals surface area (Å²) in [5.41, 5.74) is 2.39. The predicted molar refractivity (Wildman–Crippen MR) is 358 cm³/mol. The maximum absolute atomic E-state index is 10.2. The van der Waals surface area contributed by atoms with Crippen LogP contribution in [0.1, 0.15) is 116 Å². The van der Waals surface area contributed by atoms with Gasteiger partial charge in [0.1, 0.15) is 13.9 Å². The molecule has 0 radical (unpaired) electrons. The van der Waals surface area contributed by atoms with Crippen LogP contribution in [0.3, 0.4) is 0 Å². The molecule has 0 fully saturated rings. The van der Waals surface area contributed by atoms with Crippen LogP contribution < -0.4 is 24.9 Å². The Morgan fingerprint density at radius 2 is 1.09 bits per heavy atom. The molecule has 0 aliphatic carbocycles. The van der Waals surface area contributed by atoms with Gasteiger partial charge in [-0.3, -0.25) is 4.57 Å². The quantitative estimate of drug-likeness (QED) is 0.0592. The summed E-state index contributed by atoms with van der Waals surface area (Å²) in [6, 6.07) is 14.6. The summed E-state index contributed by atoms with van der Waals surface area (Å²) in [7, 11) is -5.55. The van der Waals surface area contributed by atoms with E-state index in [4.69, 9.17) is 13.8 Å². The average molecular weight is 1350 g/mol. The molecule has 87 heavy (non-hydrogen) atoms. The molecule has 1 aliphatic heterocycles. The van der Waals surface area contributed by atoms with Crippen LogP contribution in [-0.4, -0.2) is 22.2 Å². The number of ether oxygens (including phenoxy) is 1. The van der Waals surface area contributed by atoms with Gasteiger partial charge >= 0.3 is 0 Å². The number of rotatable bonds is 10. The summed E-state index contributed by atoms with van der Waals surface area (Å²) in [6.45, 7) is 18.2. The second-order valence-corrected chi connectivity index (χ2v) is 28.5. The minimum Gasteiger partial charge on any atom is -0.510 e. The number of benzene rings is 10. The molecule has 14 rings (SSSR count). The maximum atomic E-state index is 10.2. The first-order chi connectivity index (χ1) is 51.1. The van der Waals surface area contributed by atoms with Crippen LogP contribution >= 0.6 is 0 Å². The normalized spacial score (nSPS) is 16.1. The van der Waals surface area contributed by atoms with Crippen molar-refractivity contribution in [2.75, 3.05) is 0 Å². The van der Waals surface area contributed by atoms with Crippen molar-refractivity contribution in [1.82, 2.24) is 14.1 Å². The molecule has 0 saturated carbocycles. The minimum atomic E-state index is -5.55. The van der Waals surface area contributed by atoms with Gasteiger partial charge in [-0.1, -0.05) is 249 Å². The summed E-state index contributed by atoms with van der Waals surface area (Å²) in [4.78, 5) is 4.85. The van der Waals surface area contributed by atoms with E-state index in [-0.39, 0.29) is 93.6 Å². The molecule has 0 N–H and O–H groups in total. The smallest absolute Gasteiger partial charge is 0.268 e. The molecule has 5 nitrogen and oxygen atoms in total. The molecule has 0 spiro atoms. The Bertz CT molecular complexity index is 5920. The van der Waals surface area contributed by atoms with Gasteiger partial charge in [-0.2, -0.15) is 18.2 Å². The van der Waals surface area contributed by atoms with E-state index in [1.54, 1.807) is 51.7 Å². The number of para-hydroxylation sites is 1. The molecular weight excluding hydrogens is 1260 g/mol. The third kappa shape index (κ3) is 10.2. The molecule has 0 bridgehead atoms. The van der Waals surface area contributed by atoms with Crippen LogP contribution in [0.25, 0.3) is 83.4 Å². The van der Waals surface area contributed by atoms with Gasteiger partial charge in [-0.25, -0.2) is 4.98 Å². The van der Waals surface area contributed by atoms with Gasteiger partial charge < -0.3 is 13.9 Å². The Morgan fingerprint density at radius 1 is 0.517 bits per heavy atom. The van der Waals surface area contributed by atoms with Crippen molar-refractivity contribution < 1.29 is 61.9 Å². The van der Waals surface area contributed by atoms with Crippen LogP contribution in [0.2, 0.25) is 6.04 Å². The molecular formula is C80H70N4OPtSi-2. The fourth-order valence-corrected chi connectivity index (χ4v) is 15.7. The van der Waals surface area contributed by atoms with E-state index in [0.717, 1.165) is 27.4 Å². The third-order valence-electron chi connectivity index (χ3n) is 16.2. The van der Waals surface area contributed by atoms with Crippen LogP contribution in [0.15, 0.2) is 236 Å². The Labute approximate surface area is 560 Å². The molecule has 7 heteroatoms. The van der Waals surface area contributed by atoms with E-state index < -0.39 is 186 Å². The van der Waals surface area contributed by atoms with Crippen LogP contribution in [0, 0.1) is 18.5 Å². The van der Waals surface area contributed by atoms with Gasteiger partial charge in [0.25, 0.3) is 6.33 Å². The Kier molecular flexibility index (Phi) is 9.32. The van der Waals surface area contributed by atoms with Gasteiger partial charge in [-0.05, 0) is 130 Å². The number of imidazole rings is 1. The van der Waals surface area contributed by atoms with Crippen molar-refractivity contribution in [3.05, 3.63) is 277 Å². The van der Waals surface area contributed by atoms with E-state index in [2.05, 4.69) is 39.2 Å². The average Bonchev–Trinajstić information content (AvgIpc) is 1.39. The van der Waals surface area contributed by atoms with Crippen LogP contribution in [-0.2, 0) is 43.7 Å². The Morgan fingerprint density at radius 3 is 1.70 bits per heavy atom. The van der Waals surface area contributed by atoms with Gasteiger partial charge in [0.05, 0.1) is 48.2 Å². The number of nitrogens with zero attached hydrogens (tertiary/aromatic N) is 4. The van der Waals surface area contributed by atoms with E-state index in [1.807, 2.05) is 101 Å². The van der Waals surface area contributed by atoms with E-state index in [0.29, 0.717) is 22.6 Å². The molecule has 0 unspecified atom stereocenters. The first kappa shape index (κ1) is 36.5. The summed E-state index contributed by atoms with van der Waals surface area (Å²) < 4.78 is 231. The molecule has 3 aromatic heterocycles. The molecule has 432 valence electrons.